The number of carbonyl (C=O) groups excluding carboxylic acids is 2. The quantitative estimate of drug-likeness (QED) is 0.381. The number of hydrogen-bond acceptors (Lipinski definition) is 8. The number of nitrogens with one attached hydrogen (secondary N) is 1. The summed E-state index contributed by atoms with van der Waals surface area (Å²) in [5, 5.41) is 0. The van der Waals surface area contributed by atoms with Crippen LogP contribution in [0.25, 0.3) is 11.2 Å². The van der Waals surface area contributed by atoms with Crippen LogP contribution in [0.5, 0.6) is 0 Å². The van der Waals surface area contributed by atoms with Crippen LogP contribution < -0.4 is 17.2 Å². The molecule has 28 heavy (non-hydrogen) atoms. The Bertz CT molecular complexity index is 987. The third-order valence-electron chi connectivity index (χ3n) is 3.14. The van der Waals surface area contributed by atoms with Crippen LogP contribution in [0.4, 0.5) is 5.82 Å². The fourth-order valence-corrected chi connectivity index (χ4v) is 1.80. The van der Waals surface area contributed by atoms with E-state index >= 15 is 0 Å². The molecule has 11 heteroatoms. The van der Waals surface area contributed by atoms with Gasteiger partial charge in [0.05, 0.1) is 17.5 Å². The minimum Gasteiger partial charge on any atom is -0.382 e. The number of nitrogen functional groups attached to an aromatic ring is 1. The monoisotopic (exact) mass is 379 g/mol. The van der Waals surface area contributed by atoms with Gasteiger partial charge in [-0.2, -0.15) is 0 Å². The van der Waals surface area contributed by atoms with Gasteiger partial charge < -0.3 is 22.2 Å². The number of amides is 2. The van der Waals surface area contributed by atoms with E-state index in [1.54, 1.807) is 36.7 Å². The Morgan fingerprint density at radius 3 is 1.82 bits per heavy atom. The lowest BCUT2D eigenvalue weighted by molar-refractivity contribution is 0.0991. The van der Waals surface area contributed by atoms with Gasteiger partial charge in [0.2, 0.25) is 11.8 Å². The summed E-state index contributed by atoms with van der Waals surface area (Å²) in [7, 11) is 0. The van der Waals surface area contributed by atoms with E-state index in [1.807, 2.05) is 0 Å². The van der Waals surface area contributed by atoms with E-state index in [2.05, 4.69) is 29.9 Å². The molecule has 7 N–H and O–H groups in total. The average molecular weight is 379 g/mol. The summed E-state index contributed by atoms with van der Waals surface area (Å²) in [5.41, 5.74) is 17.5. The van der Waals surface area contributed by atoms with E-state index in [0.29, 0.717) is 28.1 Å². The van der Waals surface area contributed by atoms with E-state index in [9.17, 15) is 9.59 Å². The molecule has 4 rings (SSSR count). The molecule has 142 valence electrons. The molecule has 0 aromatic carbocycles. The molecule has 0 aliphatic rings. The molecular weight excluding hydrogens is 362 g/mol. The highest BCUT2D eigenvalue weighted by molar-refractivity contribution is 5.92. The average Bonchev–Trinajstić information content (AvgIpc) is 3.21. The largest absolute Gasteiger partial charge is 0.382 e. The van der Waals surface area contributed by atoms with Crippen molar-refractivity contribution in [3.8, 4) is 0 Å². The summed E-state index contributed by atoms with van der Waals surface area (Å²) < 4.78 is 0. The highest BCUT2D eigenvalue weighted by atomic mass is 16.1. The molecule has 0 fully saturated rings. The fraction of sp³-hybridized carbons (Fsp3) is 0. The summed E-state index contributed by atoms with van der Waals surface area (Å²) in [6.07, 6.45) is 8.97. The highest BCUT2D eigenvalue weighted by Crippen LogP contribution is 2.09. The van der Waals surface area contributed by atoms with Gasteiger partial charge in [0.15, 0.2) is 11.5 Å². The zero-order valence-electron chi connectivity index (χ0n) is 14.6. The molecule has 11 nitrogen and oxygen atoms in total. The SMILES string of the molecule is NC(=O)c1cccnc1.NC(=O)c1cccnc1.Nc1ncnc2nc[nH]c12. The second kappa shape index (κ2) is 9.91. The number of carbonyl (C=O) groups is 2. The molecule has 0 radical (unpaired) electrons. The van der Waals surface area contributed by atoms with Crippen LogP contribution in [0.2, 0.25) is 0 Å². The molecule has 0 bridgehead atoms. The number of aromatic amines is 1. The number of fused-ring (bicyclic) bond motifs is 1. The summed E-state index contributed by atoms with van der Waals surface area (Å²) in [6, 6.07) is 6.57. The van der Waals surface area contributed by atoms with Crippen molar-refractivity contribution in [2.24, 2.45) is 11.5 Å². The number of nitrogens with zero attached hydrogens (tertiary/aromatic N) is 5. The number of aromatic nitrogens is 6. The Labute approximate surface area is 159 Å². The smallest absolute Gasteiger partial charge is 0.250 e. The van der Waals surface area contributed by atoms with Gasteiger partial charge in [-0.1, -0.05) is 0 Å². The number of H-pyrrole nitrogens is 1. The lowest BCUT2D eigenvalue weighted by Crippen LogP contribution is -2.10. The van der Waals surface area contributed by atoms with Gasteiger partial charge in [-0.25, -0.2) is 15.0 Å². The predicted molar refractivity (Wildman–Crippen MR) is 102 cm³/mol. The van der Waals surface area contributed by atoms with Crippen LogP contribution in [-0.4, -0.2) is 41.7 Å². The number of pyridine rings is 2. The minimum absolute atomic E-state index is 0.433. The molecule has 4 heterocycles. The Balaban J connectivity index is 0.000000151. The van der Waals surface area contributed by atoms with Crippen LogP contribution in [-0.2, 0) is 0 Å². The highest BCUT2D eigenvalue weighted by Gasteiger charge is 1.99. The first-order valence-electron chi connectivity index (χ1n) is 7.78. The minimum atomic E-state index is -0.442. The van der Waals surface area contributed by atoms with Crippen LogP contribution in [0, 0.1) is 0 Å². The summed E-state index contributed by atoms with van der Waals surface area (Å²) in [4.78, 5) is 42.5. The first kappa shape index (κ1) is 19.9. The van der Waals surface area contributed by atoms with Crippen molar-refractivity contribution in [2.45, 2.75) is 0 Å². The number of anilines is 1. The van der Waals surface area contributed by atoms with Gasteiger partial charge in [0.25, 0.3) is 0 Å². The third kappa shape index (κ3) is 5.84. The molecule has 2 amide bonds. The lowest BCUT2D eigenvalue weighted by atomic mass is 10.3. The number of primary amides is 2. The molecular formula is C17H17N9O2. The van der Waals surface area contributed by atoms with Crippen LogP contribution >= 0.6 is 0 Å². The van der Waals surface area contributed by atoms with Crippen LogP contribution in [0.1, 0.15) is 20.7 Å². The summed E-state index contributed by atoms with van der Waals surface area (Å²) in [5.74, 6) is -0.450. The molecule has 0 saturated heterocycles. The second-order valence-electron chi connectivity index (χ2n) is 5.07. The van der Waals surface area contributed by atoms with Crippen molar-refractivity contribution < 1.29 is 9.59 Å². The third-order valence-corrected chi connectivity index (χ3v) is 3.14. The normalized spacial score (nSPS) is 9.43. The lowest BCUT2D eigenvalue weighted by Gasteiger charge is -1.89. The van der Waals surface area contributed by atoms with Gasteiger partial charge in [-0.05, 0) is 24.3 Å². The van der Waals surface area contributed by atoms with Gasteiger partial charge in [0.1, 0.15) is 11.8 Å². The Morgan fingerprint density at radius 2 is 1.43 bits per heavy atom. The van der Waals surface area contributed by atoms with Crippen molar-refractivity contribution in [1.82, 2.24) is 29.9 Å². The van der Waals surface area contributed by atoms with E-state index in [1.165, 1.54) is 25.0 Å². The van der Waals surface area contributed by atoms with Gasteiger partial charge in [-0.15, -0.1) is 0 Å². The Kier molecular flexibility index (Phi) is 7.05. The van der Waals surface area contributed by atoms with Crippen molar-refractivity contribution in [3.05, 3.63) is 72.8 Å². The Hall–Kier alpha value is -4.41. The number of hydrogen-bond donors (Lipinski definition) is 4. The van der Waals surface area contributed by atoms with Crippen LogP contribution in [0.15, 0.2) is 61.7 Å². The second-order valence-corrected chi connectivity index (χ2v) is 5.07. The molecule has 0 aliphatic heterocycles. The molecule has 0 saturated carbocycles. The van der Waals surface area contributed by atoms with E-state index < -0.39 is 11.8 Å². The maximum absolute atomic E-state index is 10.4. The predicted octanol–water partition coefficient (Wildman–Crippen LogP) is 0.296. The maximum Gasteiger partial charge on any atom is 0.250 e. The van der Waals surface area contributed by atoms with Gasteiger partial charge in [0, 0.05) is 24.8 Å². The van der Waals surface area contributed by atoms with Crippen molar-refractivity contribution in [3.63, 3.8) is 0 Å². The first-order chi connectivity index (χ1) is 13.5. The molecule has 4 aromatic rings. The van der Waals surface area contributed by atoms with E-state index in [0.717, 1.165) is 0 Å². The zero-order valence-corrected chi connectivity index (χ0v) is 14.6. The Morgan fingerprint density at radius 1 is 0.857 bits per heavy atom. The van der Waals surface area contributed by atoms with E-state index in [4.69, 9.17) is 17.2 Å². The number of nitrogens with two attached hydrogens (primary N) is 3. The number of imidazole rings is 1. The van der Waals surface area contributed by atoms with Crippen molar-refractivity contribution >= 4 is 28.8 Å². The summed E-state index contributed by atoms with van der Waals surface area (Å²) in [6.45, 7) is 0. The number of rotatable bonds is 2. The fourth-order valence-electron chi connectivity index (χ4n) is 1.80. The van der Waals surface area contributed by atoms with E-state index in [-0.39, 0.29) is 0 Å². The molecule has 0 aliphatic carbocycles. The van der Waals surface area contributed by atoms with Crippen molar-refractivity contribution in [1.29, 1.82) is 0 Å². The standard InChI is InChI=1S/2C6H6N2O.C5H5N5/c2*7-6(9)5-2-1-3-8-4-5;6-4-3-5(9-1-7-3)10-2-8-4/h2*1-4H,(H2,7,9);1-2H,(H3,6,7,8,9,10). The van der Waals surface area contributed by atoms with Gasteiger partial charge >= 0.3 is 0 Å². The first-order valence-corrected chi connectivity index (χ1v) is 7.78. The van der Waals surface area contributed by atoms with Crippen molar-refractivity contribution in [2.75, 3.05) is 5.73 Å². The molecule has 0 unspecified atom stereocenters. The topological polar surface area (TPSA) is 192 Å². The molecule has 0 atom stereocenters. The summed E-state index contributed by atoms with van der Waals surface area (Å²) >= 11 is 0. The molecule has 4 aromatic heterocycles. The van der Waals surface area contributed by atoms with Gasteiger partial charge in [-0.3, -0.25) is 19.6 Å². The molecule has 0 spiro atoms. The zero-order chi connectivity index (χ0) is 20.4. The maximum atomic E-state index is 10.4. The van der Waals surface area contributed by atoms with Crippen LogP contribution in [0.3, 0.4) is 0 Å².